The highest BCUT2D eigenvalue weighted by molar-refractivity contribution is 5.93. The number of hydrogen-bond donors (Lipinski definition) is 0. The van der Waals surface area contributed by atoms with Gasteiger partial charge in [0, 0.05) is 6.92 Å². The zero-order valence-corrected chi connectivity index (χ0v) is 7.21. The lowest BCUT2D eigenvalue weighted by Crippen LogP contribution is -2.06. The molecule has 0 aromatic carbocycles. The molecule has 1 aromatic heterocycles. The van der Waals surface area contributed by atoms with Crippen molar-refractivity contribution in [2.24, 2.45) is 0 Å². The standard InChI is InChI=1S/C8H8F2N2O/c1-4-3-6(8(9)10)7(5(2)13)12-11-4/h3,8H,1-2H3. The summed E-state index contributed by atoms with van der Waals surface area (Å²) in [6.45, 7) is 2.73. The van der Waals surface area contributed by atoms with Gasteiger partial charge in [0.25, 0.3) is 6.43 Å². The van der Waals surface area contributed by atoms with Crippen LogP contribution in [0.1, 0.15) is 35.1 Å². The van der Waals surface area contributed by atoms with Gasteiger partial charge in [-0.2, -0.15) is 5.10 Å². The summed E-state index contributed by atoms with van der Waals surface area (Å²) in [5.74, 6) is -0.497. The average molecular weight is 186 g/mol. The van der Waals surface area contributed by atoms with Crippen molar-refractivity contribution in [1.82, 2.24) is 10.2 Å². The Morgan fingerprint density at radius 1 is 1.46 bits per heavy atom. The molecule has 3 nitrogen and oxygen atoms in total. The molecule has 0 aliphatic carbocycles. The third-order valence-corrected chi connectivity index (χ3v) is 1.51. The molecule has 0 radical (unpaired) electrons. The van der Waals surface area contributed by atoms with E-state index in [9.17, 15) is 13.6 Å². The minimum Gasteiger partial charge on any atom is -0.293 e. The number of hydrogen-bond acceptors (Lipinski definition) is 3. The molecule has 0 fully saturated rings. The fourth-order valence-electron chi connectivity index (χ4n) is 0.949. The smallest absolute Gasteiger partial charge is 0.266 e. The van der Waals surface area contributed by atoms with Crippen molar-refractivity contribution >= 4 is 5.78 Å². The molecule has 1 heterocycles. The van der Waals surface area contributed by atoms with Crippen LogP contribution in [0.4, 0.5) is 8.78 Å². The number of alkyl halides is 2. The maximum Gasteiger partial charge on any atom is 0.266 e. The largest absolute Gasteiger partial charge is 0.293 e. The summed E-state index contributed by atoms with van der Waals surface area (Å²) in [6.07, 6.45) is -2.69. The van der Waals surface area contributed by atoms with Crippen molar-refractivity contribution < 1.29 is 13.6 Å². The highest BCUT2D eigenvalue weighted by atomic mass is 19.3. The molecule has 1 rings (SSSR count). The van der Waals surface area contributed by atoms with Gasteiger partial charge in [-0.1, -0.05) is 0 Å². The van der Waals surface area contributed by atoms with Crippen LogP contribution in [0.15, 0.2) is 6.07 Å². The van der Waals surface area contributed by atoms with E-state index in [4.69, 9.17) is 0 Å². The predicted molar refractivity (Wildman–Crippen MR) is 41.7 cm³/mol. The predicted octanol–water partition coefficient (Wildman–Crippen LogP) is 1.93. The van der Waals surface area contributed by atoms with Gasteiger partial charge in [-0.15, -0.1) is 5.10 Å². The number of ketones is 1. The van der Waals surface area contributed by atoms with Crippen LogP contribution in [0.2, 0.25) is 0 Å². The molecular weight excluding hydrogens is 178 g/mol. The van der Waals surface area contributed by atoms with E-state index in [2.05, 4.69) is 10.2 Å². The second-order valence-corrected chi connectivity index (χ2v) is 2.65. The highest BCUT2D eigenvalue weighted by Gasteiger charge is 2.17. The molecule has 0 aliphatic heterocycles. The Bertz CT molecular complexity index is 339. The van der Waals surface area contributed by atoms with E-state index in [1.807, 2.05) is 0 Å². The summed E-state index contributed by atoms with van der Waals surface area (Å²) < 4.78 is 24.7. The van der Waals surface area contributed by atoms with Crippen molar-refractivity contribution in [2.45, 2.75) is 20.3 Å². The number of carbonyl (C=O) groups is 1. The van der Waals surface area contributed by atoms with Gasteiger partial charge in [0.15, 0.2) is 5.78 Å². The van der Waals surface area contributed by atoms with Crippen LogP contribution in [0.5, 0.6) is 0 Å². The van der Waals surface area contributed by atoms with Crippen LogP contribution >= 0.6 is 0 Å². The number of halogens is 2. The number of rotatable bonds is 2. The van der Waals surface area contributed by atoms with E-state index < -0.39 is 12.2 Å². The van der Waals surface area contributed by atoms with Crippen molar-refractivity contribution in [1.29, 1.82) is 0 Å². The van der Waals surface area contributed by atoms with Gasteiger partial charge in [-0.3, -0.25) is 4.79 Å². The van der Waals surface area contributed by atoms with E-state index >= 15 is 0 Å². The molecule has 70 valence electrons. The van der Waals surface area contributed by atoms with Gasteiger partial charge >= 0.3 is 0 Å². The first-order valence-electron chi connectivity index (χ1n) is 3.65. The summed E-state index contributed by atoms with van der Waals surface area (Å²) in [6, 6.07) is 1.17. The highest BCUT2D eigenvalue weighted by Crippen LogP contribution is 2.21. The zero-order valence-electron chi connectivity index (χ0n) is 7.21. The molecule has 5 heteroatoms. The van der Waals surface area contributed by atoms with Crippen LogP contribution in [0.25, 0.3) is 0 Å². The molecule has 0 atom stereocenters. The molecule has 0 saturated carbocycles. The van der Waals surface area contributed by atoms with Crippen molar-refractivity contribution in [2.75, 3.05) is 0 Å². The van der Waals surface area contributed by atoms with E-state index in [1.165, 1.54) is 13.0 Å². The maximum absolute atomic E-state index is 12.3. The molecule has 0 saturated heterocycles. The first kappa shape index (κ1) is 9.70. The fourth-order valence-corrected chi connectivity index (χ4v) is 0.949. The minimum atomic E-state index is -2.69. The summed E-state index contributed by atoms with van der Waals surface area (Å²) in [5.41, 5.74) is -0.221. The Hall–Kier alpha value is -1.39. The van der Waals surface area contributed by atoms with Crippen molar-refractivity contribution in [3.8, 4) is 0 Å². The Labute approximate surface area is 73.8 Å². The van der Waals surface area contributed by atoms with Gasteiger partial charge in [-0.25, -0.2) is 8.78 Å². The second-order valence-electron chi connectivity index (χ2n) is 2.65. The molecular formula is C8H8F2N2O. The number of nitrogens with zero attached hydrogens (tertiary/aromatic N) is 2. The van der Waals surface area contributed by atoms with Gasteiger partial charge in [0.05, 0.1) is 11.3 Å². The van der Waals surface area contributed by atoms with Crippen molar-refractivity contribution in [3.63, 3.8) is 0 Å². The van der Waals surface area contributed by atoms with E-state index in [0.29, 0.717) is 5.69 Å². The first-order valence-corrected chi connectivity index (χ1v) is 3.65. The van der Waals surface area contributed by atoms with E-state index in [0.717, 1.165) is 0 Å². The zero-order chi connectivity index (χ0) is 10.0. The van der Waals surface area contributed by atoms with Gasteiger partial charge < -0.3 is 0 Å². The average Bonchev–Trinajstić information content (AvgIpc) is 2.03. The Kier molecular flexibility index (Phi) is 2.65. The van der Waals surface area contributed by atoms with Gasteiger partial charge in [0.1, 0.15) is 5.69 Å². The lowest BCUT2D eigenvalue weighted by atomic mass is 10.1. The van der Waals surface area contributed by atoms with Gasteiger partial charge in [0.2, 0.25) is 0 Å². The third kappa shape index (κ3) is 2.05. The van der Waals surface area contributed by atoms with Gasteiger partial charge in [-0.05, 0) is 13.0 Å². The van der Waals surface area contributed by atoms with Crippen LogP contribution in [0.3, 0.4) is 0 Å². The second kappa shape index (κ2) is 3.55. The molecule has 13 heavy (non-hydrogen) atoms. The number of carbonyl (C=O) groups excluding carboxylic acids is 1. The summed E-state index contributed by atoms with van der Waals surface area (Å²) in [5, 5.41) is 6.96. The summed E-state index contributed by atoms with van der Waals surface area (Å²) in [7, 11) is 0. The molecule has 0 bridgehead atoms. The number of Topliss-reactive ketones (excluding diaryl/α,β-unsaturated/α-hetero) is 1. The van der Waals surface area contributed by atoms with Crippen LogP contribution < -0.4 is 0 Å². The Balaban J connectivity index is 3.26. The fraction of sp³-hybridized carbons (Fsp3) is 0.375. The van der Waals surface area contributed by atoms with E-state index in [-0.39, 0.29) is 11.3 Å². The number of aromatic nitrogens is 2. The van der Waals surface area contributed by atoms with Crippen LogP contribution in [-0.4, -0.2) is 16.0 Å². The van der Waals surface area contributed by atoms with E-state index in [1.54, 1.807) is 6.92 Å². The molecule has 1 aromatic rings. The Morgan fingerprint density at radius 3 is 2.54 bits per heavy atom. The topological polar surface area (TPSA) is 42.9 Å². The summed E-state index contributed by atoms with van der Waals surface area (Å²) >= 11 is 0. The van der Waals surface area contributed by atoms with Crippen LogP contribution in [0, 0.1) is 6.92 Å². The Morgan fingerprint density at radius 2 is 2.08 bits per heavy atom. The normalized spacial score (nSPS) is 10.5. The molecule has 0 unspecified atom stereocenters. The SMILES string of the molecule is CC(=O)c1nnc(C)cc1C(F)F. The minimum absolute atomic E-state index is 0.249. The lowest BCUT2D eigenvalue weighted by molar-refractivity contribution is 0.0991. The monoisotopic (exact) mass is 186 g/mol. The molecule has 0 aliphatic rings. The maximum atomic E-state index is 12.3. The van der Waals surface area contributed by atoms with Crippen molar-refractivity contribution in [3.05, 3.63) is 23.0 Å². The first-order chi connectivity index (χ1) is 6.02. The van der Waals surface area contributed by atoms with Crippen LogP contribution in [-0.2, 0) is 0 Å². The molecule has 0 amide bonds. The quantitative estimate of drug-likeness (QED) is 0.662. The lowest BCUT2D eigenvalue weighted by Gasteiger charge is -2.03. The third-order valence-electron chi connectivity index (χ3n) is 1.51. The molecule has 0 N–H and O–H groups in total. The summed E-state index contributed by atoms with van der Waals surface area (Å²) in [4.78, 5) is 10.8. The number of aryl methyl sites for hydroxylation is 1. The molecule has 0 spiro atoms.